The lowest BCUT2D eigenvalue weighted by molar-refractivity contribution is 0.107. The first-order chi connectivity index (χ1) is 10.0. The van der Waals surface area contributed by atoms with Gasteiger partial charge >= 0.3 is 0 Å². The Morgan fingerprint density at radius 1 is 1.00 bits per heavy atom. The summed E-state index contributed by atoms with van der Waals surface area (Å²) in [5, 5.41) is 0.790. The number of aliphatic imine (C=N–C) groups is 1. The van der Waals surface area contributed by atoms with Crippen molar-refractivity contribution in [3.63, 3.8) is 0 Å². The zero-order chi connectivity index (χ0) is 16.0. The molecule has 0 radical (unpaired) electrons. The first-order valence-corrected chi connectivity index (χ1v) is 9.32. The van der Waals surface area contributed by atoms with E-state index in [4.69, 9.17) is 10.7 Å². The Labute approximate surface area is 138 Å². The van der Waals surface area contributed by atoms with Gasteiger partial charge in [0.25, 0.3) is 0 Å². The van der Waals surface area contributed by atoms with Crippen molar-refractivity contribution in [1.82, 2.24) is 0 Å². The SMILES string of the molecule is CC1(C)CC2=CC3(C)CC(C)(C)CC4(C3)SC(N)=NC(=C24)C1. The van der Waals surface area contributed by atoms with Crippen LogP contribution < -0.4 is 5.73 Å². The smallest absolute Gasteiger partial charge is 0.159 e. The van der Waals surface area contributed by atoms with Gasteiger partial charge in [0.05, 0.1) is 4.75 Å². The Kier molecular flexibility index (Phi) is 2.73. The monoisotopic (exact) mass is 316 g/mol. The first-order valence-electron chi connectivity index (χ1n) is 8.51. The third-order valence-corrected chi connectivity index (χ3v) is 6.97. The molecule has 1 aliphatic heterocycles. The average molecular weight is 317 g/mol. The highest BCUT2D eigenvalue weighted by molar-refractivity contribution is 8.15. The van der Waals surface area contributed by atoms with E-state index >= 15 is 0 Å². The molecule has 2 unspecified atom stereocenters. The average Bonchev–Trinajstić information content (AvgIpc) is 2.18. The van der Waals surface area contributed by atoms with Gasteiger partial charge < -0.3 is 5.73 Å². The number of hydrogen-bond acceptors (Lipinski definition) is 3. The third-order valence-electron chi connectivity index (χ3n) is 5.78. The number of thioether (sulfide) groups is 1. The third kappa shape index (κ3) is 2.11. The molecule has 0 aromatic rings. The van der Waals surface area contributed by atoms with Gasteiger partial charge in [-0.1, -0.05) is 52.5 Å². The lowest BCUT2D eigenvalue weighted by Crippen LogP contribution is -2.52. The fourth-order valence-electron chi connectivity index (χ4n) is 6.05. The lowest BCUT2D eigenvalue weighted by Gasteiger charge is -2.58. The van der Waals surface area contributed by atoms with E-state index in [1.165, 1.54) is 31.4 Å². The highest BCUT2D eigenvalue weighted by Gasteiger charge is 2.57. The summed E-state index contributed by atoms with van der Waals surface area (Å²) in [6.45, 7) is 12.1. The van der Waals surface area contributed by atoms with Crippen LogP contribution in [0, 0.1) is 16.2 Å². The Balaban J connectivity index is 1.97. The number of nitrogens with zero attached hydrogens (tertiary/aromatic N) is 1. The van der Waals surface area contributed by atoms with Gasteiger partial charge in [-0.2, -0.15) is 0 Å². The molecule has 2 N–H and O–H groups in total. The molecule has 120 valence electrons. The van der Waals surface area contributed by atoms with Crippen molar-refractivity contribution < 1.29 is 0 Å². The van der Waals surface area contributed by atoms with Gasteiger partial charge in [0, 0.05) is 5.70 Å². The molecule has 3 heteroatoms. The minimum absolute atomic E-state index is 0.179. The fourth-order valence-corrected chi connectivity index (χ4v) is 7.82. The molecule has 4 aliphatic rings. The van der Waals surface area contributed by atoms with Crippen LogP contribution in [0.4, 0.5) is 0 Å². The highest BCUT2D eigenvalue weighted by atomic mass is 32.2. The maximum Gasteiger partial charge on any atom is 0.159 e. The second kappa shape index (κ2) is 4.03. The topological polar surface area (TPSA) is 38.4 Å². The van der Waals surface area contributed by atoms with Gasteiger partial charge in [0.1, 0.15) is 0 Å². The summed E-state index contributed by atoms with van der Waals surface area (Å²) in [4.78, 5) is 4.79. The Morgan fingerprint density at radius 3 is 2.45 bits per heavy atom. The van der Waals surface area contributed by atoms with Gasteiger partial charge in [0.15, 0.2) is 5.17 Å². The van der Waals surface area contributed by atoms with Crippen molar-refractivity contribution in [1.29, 1.82) is 0 Å². The number of amidine groups is 1. The molecule has 0 saturated heterocycles. The van der Waals surface area contributed by atoms with E-state index in [2.05, 4.69) is 40.7 Å². The van der Waals surface area contributed by atoms with Crippen LogP contribution in [0.3, 0.4) is 0 Å². The molecule has 0 amide bonds. The van der Waals surface area contributed by atoms with Crippen molar-refractivity contribution in [3.05, 3.63) is 22.9 Å². The maximum atomic E-state index is 6.29. The Hall–Kier alpha value is -0.700. The van der Waals surface area contributed by atoms with Crippen molar-refractivity contribution >= 4 is 16.9 Å². The minimum Gasteiger partial charge on any atom is -0.378 e. The lowest BCUT2D eigenvalue weighted by atomic mass is 9.52. The number of nitrogens with two attached hydrogens (primary N) is 1. The van der Waals surface area contributed by atoms with E-state index in [9.17, 15) is 0 Å². The summed E-state index contributed by atoms with van der Waals surface area (Å²) >= 11 is 1.86. The molecule has 0 aromatic carbocycles. The Morgan fingerprint density at radius 2 is 1.73 bits per heavy atom. The van der Waals surface area contributed by atoms with Crippen molar-refractivity contribution in [3.8, 4) is 0 Å². The van der Waals surface area contributed by atoms with Crippen LogP contribution in [0.1, 0.15) is 66.7 Å². The molecule has 3 aliphatic carbocycles. The van der Waals surface area contributed by atoms with E-state index in [-0.39, 0.29) is 4.75 Å². The summed E-state index contributed by atoms with van der Waals surface area (Å²) < 4.78 is 0.179. The fraction of sp³-hybridized carbons (Fsp3) is 0.737. The number of allylic oxidation sites excluding steroid dienone is 3. The standard InChI is InChI=1S/C19H28N2S/c1-16(2)6-12-7-18(5)9-17(3,4)10-19(11-18)14(12)13(8-16)21-15(20)22-19/h7H,6,8-11H2,1-5H3,(H2,20,21). The normalized spacial score (nSPS) is 41.5. The van der Waals surface area contributed by atoms with E-state index < -0.39 is 0 Å². The second-order valence-corrected chi connectivity index (χ2v) is 11.3. The molecule has 1 fully saturated rings. The quantitative estimate of drug-likeness (QED) is 0.681. The van der Waals surface area contributed by atoms with Gasteiger partial charge in [-0.25, -0.2) is 4.99 Å². The number of rotatable bonds is 0. The number of hydrogen-bond donors (Lipinski definition) is 1. The molecule has 1 heterocycles. The molecule has 1 saturated carbocycles. The van der Waals surface area contributed by atoms with Crippen LogP contribution in [-0.4, -0.2) is 9.91 Å². The predicted molar refractivity (Wildman–Crippen MR) is 95.8 cm³/mol. The maximum absolute atomic E-state index is 6.29. The van der Waals surface area contributed by atoms with Crippen LogP contribution >= 0.6 is 11.8 Å². The largest absolute Gasteiger partial charge is 0.378 e. The van der Waals surface area contributed by atoms with Crippen LogP contribution in [0.5, 0.6) is 0 Å². The molecule has 2 atom stereocenters. The molecule has 4 rings (SSSR count). The van der Waals surface area contributed by atoms with Crippen LogP contribution in [0.15, 0.2) is 27.9 Å². The zero-order valence-corrected chi connectivity index (χ0v) is 15.4. The van der Waals surface area contributed by atoms with Crippen LogP contribution in [0.2, 0.25) is 0 Å². The van der Waals surface area contributed by atoms with Gasteiger partial charge in [0.2, 0.25) is 0 Å². The van der Waals surface area contributed by atoms with Crippen LogP contribution in [0.25, 0.3) is 0 Å². The van der Waals surface area contributed by atoms with E-state index in [1.54, 1.807) is 11.1 Å². The van der Waals surface area contributed by atoms with E-state index in [1.807, 2.05) is 11.8 Å². The van der Waals surface area contributed by atoms with Crippen molar-refractivity contribution in [2.24, 2.45) is 27.0 Å². The van der Waals surface area contributed by atoms with Crippen molar-refractivity contribution in [2.75, 3.05) is 0 Å². The summed E-state index contributed by atoms with van der Waals surface area (Å²) in [6.07, 6.45) is 8.62. The summed E-state index contributed by atoms with van der Waals surface area (Å²) in [6, 6.07) is 0. The molecule has 2 bridgehead atoms. The second-order valence-electron chi connectivity index (χ2n) is 9.90. The molecule has 22 heavy (non-hydrogen) atoms. The highest BCUT2D eigenvalue weighted by Crippen LogP contribution is 2.66. The Bertz CT molecular complexity index is 652. The summed E-state index contributed by atoms with van der Waals surface area (Å²) in [5.74, 6) is 0. The molecular formula is C19H28N2S. The minimum atomic E-state index is 0.179. The molecular weight excluding hydrogens is 288 g/mol. The zero-order valence-electron chi connectivity index (χ0n) is 14.5. The van der Waals surface area contributed by atoms with Crippen LogP contribution in [-0.2, 0) is 0 Å². The molecule has 2 nitrogen and oxygen atoms in total. The molecule has 1 spiro atoms. The first kappa shape index (κ1) is 14.9. The summed E-state index contributed by atoms with van der Waals surface area (Å²) in [7, 11) is 0. The van der Waals surface area contributed by atoms with E-state index in [0.29, 0.717) is 16.2 Å². The van der Waals surface area contributed by atoms with Crippen molar-refractivity contribution in [2.45, 2.75) is 71.5 Å². The van der Waals surface area contributed by atoms with Gasteiger partial charge in [-0.3, -0.25) is 0 Å². The molecule has 0 aromatic heterocycles. The van der Waals surface area contributed by atoms with E-state index in [0.717, 1.165) is 11.6 Å². The van der Waals surface area contributed by atoms with Gasteiger partial charge in [-0.15, -0.1) is 0 Å². The summed E-state index contributed by atoms with van der Waals surface area (Å²) in [5.41, 5.74) is 11.7. The van der Waals surface area contributed by atoms with Gasteiger partial charge in [-0.05, 0) is 59.5 Å². The predicted octanol–water partition coefficient (Wildman–Crippen LogP) is 5.02. The number of fused-ring (bicyclic) bond motifs is 1.